The Balaban J connectivity index is 1.91. The van der Waals surface area contributed by atoms with Crippen molar-refractivity contribution >= 4 is 23.6 Å². The van der Waals surface area contributed by atoms with Crippen LogP contribution in [0.1, 0.15) is 18.1 Å². The summed E-state index contributed by atoms with van der Waals surface area (Å²) in [6.07, 6.45) is 2.02. The van der Waals surface area contributed by atoms with Gasteiger partial charge in [-0.15, -0.1) is 0 Å². The van der Waals surface area contributed by atoms with Crippen molar-refractivity contribution in [3.8, 4) is 5.75 Å². The molecule has 0 aliphatic carbocycles. The maximum Gasteiger partial charge on any atom is 0.331 e. The van der Waals surface area contributed by atoms with Gasteiger partial charge >= 0.3 is 5.97 Å². The fourth-order valence-corrected chi connectivity index (χ4v) is 2.09. The molecule has 0 aromatic heterocycles. The quantitative estimate of drug-likeness (QED) is 0.645. The highest BCUT2D eigenvalue weighted by Gasteiger charge is 2.17. The topological polar surface area (TPSA) is 64.6 Å². The van der Waals surface area contributed by atoms with Crippen LogP contribution in [0.4, 0.5) is 5.69 Å². The van der Waals surface area contributed by atoms with Gasteiger partial charge in [0.2, 0.25) is 0 Å². The fraction of sp³-hybridized carbons (Fsp3) is 0.200. The Morgan fingerprint density at radius 1 is 1.08 bits per heavy atom. The summed E-state index contributed by atoms with van der Waals surface area (Å²) in [6, 6.07) is 14.7. The first-order valence-corrected chi connectivity index (χ1v) is 7.89. The second-order valence-corrected chi connectivity index (χ2v) is 5.51. The minimum absolute atomic E-state index is 0.429. The summed E-state index contributed by atoms with van der Waals surface area (Å²) in [5, 5.41) is 2.68. The van der Waals surface area contributed by atoms with E-state index < -0.39 is 18.0 Å². The van der Waals surface area contributed by atoms with Crippen LogP contribution in [0.3, 0.4) is 0 Å². The Bertz CT molecular complexity index is 766. The van der Waals surface area contributed by atoms with E-state index in [9.17, 15) is 9.59 Å². The van der Waals surface area contributed by atoms with E-state index >= 15 is 0 Å². The van der Waals surface area contributed by atoms with Gasteiger partial charge in [-0.2, -0.15) is 0 Å². The van der Waals surface area contributed by atoms with Crippen LogP contribution >= 0.6 is 0 Å². The molecule has 5 heteroatoms. The molecule has 1 amide bonds. The number of hydrogen-bond donors (Lipinski definition) is 1. The van der Waals surface area contributed by atoms with Crippen LogP contribution in [-0.2, 0) is 14.3 Å². The van der Waals surface area contributed by atoms with Gasteiger partial charge in [0.05, 0.1) is 12.8 Å². The summed E-state index contributed by atoms with van der Waals surface area (Å²) in [7, 11) is 1.52. The molecule has 25 heavy (non-hydrogen) atoms. The van der Waals surface area contributed by atoms with Crippen LogP contribution in [0.25, 0.3) is 6.08 Å². The molecule has 0 unspecified atom stereocenters. The van der Waals surface area contributed by atoms with Gasteiger partial charge < -0.3 is 14.8 Å². The molecule has 0 bridgehead atoms. The minimum atomic E-state index is -0.930. The Kier molecular flexibility index (Phi) is 6.34. The Morgan fingerprint density at radius 2 is 1.76 bits per heavy atom. The molecule has 0 radical (unpaired) electrons. The van der Waals surface area contributed by atoms with Crippen LogP contribution in [0, 0.1) is 6.92 Å². The normalized spacial score (nSPS) is 11.8. The van der Waals surface area contributed by atoms with Crippen molar-refractivity contribution < 1.29 is 19.1 Å². The molecule has 0 fully saturated rings. The molecule has 2 rings (SSSR count). The van der Waals surface area contributed by atoms with Gasteiger partial charge in [0, 0.05) is 6.08 Å². The molecule has 0 aliphatic heterocycles. The second-order valence-electron chi connectivity index (χ2n) is 5.51. The predicted molar refractivity (Wildman–Crippen MR) is 97.4 cm³/mol. The highest BCUT2D eigenvalue weighted by molar-refractivity contribution is 5.97. The van der Waals surface area contributed by atoms with E-state index in [1.165, 1.54) is 20.1 Å². The van der Waals surface area contributed by atoms with E-state index in [4.69, 9.17) is 9.47 Å². The Morgan fingerprint density at radius 3 is 2.44 bits per heavy atom. The molecule has 2 aromatic carbocycles. The molecule has 2 aromatic rings. The average molecular weight is 339 g/mol. The number of aryl methyl sites for hydroxylation is 1. The highest BCUT2D eigenvalue weighted by atomic mass is 16.5. The molecule has 0 saturated carbocycles. The minimum Gasteiger partial charge on any atom is -0.495 e. The molecule has 0 heterocycles. The Labute approximate surface area is 147 Å². The summed E-state index contributed by atoms with van der Waals surface area (Å²) in [4.78, 5) is 24.0. The number of esters is 1. The smallest absolute Gasteiger partial charge is 0.331 e. The van der Waals surface area contributed by atoms with Gasteiger partial charge in [0.1, 0.15) is 5.75 Å². The molecule has 0 aliphatic rings. The van der Waals surface area contributed by atoms with Crippen molar-refractivity contribution in [2.45, 2.75) is 20.0 Å². The SMILES string of the molecule is COc1ccccc1NC(=O)[C@H](C)OC(=O)/C=C/c1ccc(C)cc1. The first-order chi connectivity index (χ1) is 12.0. The predicted octanol–water partition coefficient (Wildman–Crippen LogP) is 3.59. The van der Waals surface area contributed by atoms with Gasteiger partial charge in [-0.25, -0.2) is 4.79 Å². The fourth-order valence-electron chi connectivity index (χ4n) is 2.09. The number of amides is 1. The van der Waals surface area contributed by atoms with E-state index in [0.717, 1.165) is 11.1 Å². The van der Waals surface area contributed by atoms with Crippen molar-refractivity contribution in [3.63, 3.8) is 0 Å². The van der Waals surface area contributed by atoms with Crippen molar-refractivity contribution in [1.29, 1.82) is 0 Å². The molecule has 0 spiro atoms. The first kappa shape index (κ1) is 18.3. The average Bonchev–Trinajstić information content (AvgIpc) is 2.61. The monoisotopic (exact) mass is 339 g/mol. The first-order valence-electron chi connectivity index (χ1n) is 7.89. The molecule has 1 N–H and O–H groups in total. The number of rotatable bonds is 6. The third-order valence-corrected chi connectivity index (χ3v) is 3.52. The zero-order valence-electron chi connectivity index (χ0n) is 14.5. The van der Waals surface area contributed by atoms with E-state index in [2.05, 4.69) is 5.32 Å². The number of methoxy groups -OCH3 is 1. The van der Waals surface area contributed by atoms with E-state index in [-0.39, 0.29) is 0 Å². The van der Waals surface area contributed by atoms with Crippen LogP contribution in [0.15, 0.2) is 54.6 Å². The molecule has 1 atom stereocenters. The maximum absolute atomic E-state index is 12.2. The van der Waals surface area contributed by atoms with Crippen LogP contribution in [-0.4, -0.2) is 25.1 Å². The lowest BCUT2D eigenvalue weighted by Gasteiger charge is -2.14. The van der Waals surface area contributed by atoms with Gasteiger partial charge in [0.25, 0.3) is 5.91 Å². The van der Waals surface area contributed by atoms with E-state index in [1.807, 2.05) is 31.2 Å². The van der Waals surface area contributed by atoms with Gasteiger partial charge in [-0.1, -0.05) is 42.0 Å². The highest BCUT2D eigenvalue weighted by Crippen LogP contribution is 2.23. The number of anilines is 1. The lowest BCUT2D eigenvalue weighted by atomic mass is 10.1. The largest absolute Gasteiger partial charge is 0.495 e. The number of ether oxygens (including phenoxy) is 2. The number of benzene rings is 2. The van der Waals surface area contributed by atoms with E-state index in [1.54, 1.807) is 30.3 Å². The summed E-state index contributed by atoms with van der Waals surface area (Å²) in [5.74, 6) is -0.474. The van der Waals surface area contributed by atoms with Crippen LogP contribution in [0.2, 0.25) is 0 Å². The summed E-state index contributed by atoms with van der Waals surface area (Å²) in [5.41, 5.74) is 2.54. The molecular weight excluding hydrogens is 318 g/mol. The Hall–Kier alpha value is -3.08. The lowest BCUT2D eigenvalue weighted by Crippen LogP contribution is -2.29. The standard InChI is InChI=1S/C20H21NO4/c1-14-8-10-16(11-9-14)12-13-19(22)25-15(2)20(23)21-17-6-4-5-7-18(17)24-3/h4-13,15H,1-3H3,(H,21,23)/b13-12+/t15-/m0/s1. The number of nitrogens with one attached hydrogen (secondary N) is 1. The van der Waals surface area contributed by atoms with Crippen molar-refractivity contribution in [3.05, 3.63) is 65.7 Å². The third kappa shape index (κ3) is 5.49. The van der Waals surface area contributed by atoms with E-state index in [0.29, 0.717) is 11.4 Å². The van der Waals surface area contributed by atoms with Crippen molar-refractivity contribution in [2.75, 3.05) is 12.4 Å². The van der Waals surface area contributed by atoms with Crippen molar-refractivity contribution in [1.82, 2.24) is 0 Å². The number of hydrogen-bond acceptors (Lipinski definition) is 4. The lowest BCUT2D eigenvalue weighted by molar-refractivity contribution is -0.148. The third-order valence-electron chi connectivity index (χ3n) is 3.52. The number of para-hydroxylation sites is 2. The van der Waals surface area contributed by atoms with Crippen LogP contribution < -0.4 is 10.1 Å². The molecule has 5 nitrogen and oxygen atoms in total. The summed E-state index contributed by atoms with van der Waals surface area (Å²) >= 11 is 0. The van der Waals surface area contributed by atoms with Gasteiger partial charge in [-0.3, -0.25) is 4.79 Å². The molecule has 0 saturated heterocycles. The second kappa shape index (κ2) is 8.68. The van der Waals surface area contributed by atoms with Gasteiger partial charge in [-0.05, 0) is 37.6 Å². The molecule has 130 valence electrons. The number of carbonyl (C=O) groups excluding carboxylic acids is 2. The number of carbonyl (C=O) groups is 2. The zero-order valence-corrected chi connectivity index (χ0v) is 14.5. The zero-order chi connectivity index (χ0) is 18.2. The van der Waals surface area contributed by atoms with Crippen LogP contribution in [0.5, 0.6) is 5.75 Å². The molecular formula is C20H21NO4. The maximum atomic E-state index is 12.2. The van der Waals surface area contributed by atoms with Crippen molar-refractivity contribution in [2.24, 2.45) is 0 Å². The van der Waals surface area contributed by atoms with Gasteiger partial charge in [0.15, 0.2) is 6.10 Å². The summed E-state index contributed by atoms with van der Waals surface area (Å²) < 4.78 is 10.3. The summed E-state index contributed by atoms with van der Waals surface area (Å²) in [6.45, 7) is 3.51.